The predicted molar refractivity (Wildman–Crippen MR) is 126 cm³/mol. The number of allylic oxidation sites excluding steroid dienone is 3. The van der Waals surface area contributed by atoms with Crippen molar-refractivity contribution in [3.8, 4) is 6.07 Å². The molecule has 0 radical (unpaired) electrons. The van der Waals surface area contributed by atoms with Gasteiger partial charge in [0.25, 0.3) is 0 Å². The predicted octanol–water partition coefficient (Wildman–Crippen LogP) is 6.18. The molecule has 0 unspecified atom stereocenters. The molecule has 1 aromatic rings. The first-order chi connectivity index (χ1) is 15.0. The van der Waals surface area contributed by atoms with Crippen LogP contribution in [0.1, 0.15) is 68.7 Å². The van der Waals surface area contributed by atoms with Crippen molar-refractivity contribution in [1.29, 1.82) is 5.26 Å². The zero-order valence-electron chi connectivity index (χ0n) is 20.0. The number of aryl methyl sites for hydroxylation is 2. The second kappa shape index (κ2) is 9.07. The summed E-state index contributed by atoms with van der Waals surface area (Å²) in [6.45, 7) is 12.8. The van der Waals surface area contributed by atoms with Crippen molar-refractivity contribution in [2.24, 2.45) is 11.3 Å². The Bertz CT molecular complexity index is 1090. The van der Waals surface area contributed by atoms with Crippen LogP contribution in [0.3, 0.4) is 0 Å². The third-order valence-electron chi connectivity index (χ3n) is 6.59. The summed E-state index contributed by atoms with van der Waals surface area (Å²) in [7, 11) is 1.22. The normalized spacial score (nSPS) is 22.4. The molecule has 5 nitrogen and oxygen atoms in total. The van der Waals surface area contributed by atoms with Gasteiger partial charge >= 0.3 is 11.9 Å². The van der Waals surface area contributed by atoms with Gasteiger partial charge in [0.2, 0.25) is 0 Å². The van der Waals surface area contributed by atoms with E-state index in [1.807, 2.05) is 26.8 Å². The SMILES string of the molecule is COC(=O)/C(C#N)=C1\OC(=O)/C(=C(/C)c2cc(C)sc2C)C1=C1CCC(C(C)(C)C)CC1. The van der Waals surface area contributed by atoms with E-state index >= 15 is 0 Å². The number of methoxy groups -OCH3 is 1. The van der Waals surface area contributed by atoms with Crippen molar-refractivity contribution in [2.75, 3.05) is 7.11 Å². The highest BCUT2D eigenvalue weighted by atomic mass is 32.1. The van der Waals surface area contributed by atoms with Crippen LogP contribution in [0.4, 0.5) is 0 Å². The van der Waals surface area contributed by atoms with Crippen LogP contribution in [-0.2, 0) is 19.1 Å². The van der Waals surface area contributed by atoms with Crippen LogP contribution < -0.4 is 0 Å². The van der Waals surface area contributed by atoms with Gasteiger partial charge in [0, 0.05) is 15.3 Å². The number of esters is 2. The number of carbonyl (C=O) groups excluding carboxylic acids is 2. The van der Waals surface area contributed by atoms with Crippen molar-refractivity contribution in [2.45, 2.75) is 67.2 Å². The fourth-order valence-corrected chi connectivity index (χ4v) is 5.76. The minimum Gasteiger partial charge on any atom is -0.465 e. The molecule has 3 rings (SSSR count). The molecule has 0 atom stereocenters. The zero-order chi connectivity index (χ0) is 23.8. The van der Waals surface area contributed by atoms with Gasteiger partial charge in [-0.25, -0.2) is 9.59 Å². The molecular weight excluding hydrogens is 422 g/mol. The lowest BCUT2D eigenvalue weighted by Crippen LogP contribution is -2.24. The van der Waals surface area contributed by atoms with E-state index in [2.05, 4.69) is 26.8 Å². The lowest BCUT2D eigenvalue weighted by atomic mass is 9.70. The standard InChI is InChI=1S/C26H31NO4S/c1-14-12-19(16(3)32-14)15(2)21-22(17-8-10-18(11-9-17)26(4,5)6)23(31-25(21)29)20(13-27)24(28)30-7/h12,18H,8-11H2,1-7H3/b21-15-,22-17?,23-20-. The zero-order valence-corrected chi connectivity index (χ0v) is 20.8. The number of hydrogen-bond donors (Lipinski definition) is 0. The Morgan fingerprint density at radius 1 is 1.25 bits per heavy atom. The van der Waals surface area contributed by atoms with Crippen LogP contribution in [0.25, 0.3) is 5.57 Å². The smallest absolute Gasteiger partial charge is 0.352 e. The van der Waals surface area contributed by atoms with Gasteiger partial charge in [-0.05, 0) is 75.0 Å². The van der Waals surface area contributed by atoms with Crippen molar-refractivity contribution in [3.63, 3.8) is 0 Å². The van der Waals surface area contributed by atoms with Gasteiger partial charge in [-0.15, -0.1) is 11.3 Å². The summed E-state index contributed by atoms with van der Waals surface area (Å²) in [5.74, 6) is -0.688. The number of nitriles is 1. The largest absolute Gasteiger partial charge is 0.465 e. The van der Waals surface area contributed by atoms with Gasteiger partial charge < -0.3 is 9.47 Å². The first-order valence-electron chi connectivity index (χ1n) is 11.0. The molecule has 1 aliphatic heterocycles. The maximum atomic E-state index is 13.1. The average Bonchev–Trinajstić information content (AvgIpc) is 3.25. The summed E-state index contributed by atoms with van der Waals surface area (Å²) < 4.78 is 10.4. The summed E-state index contributed by atoms with van der Waals surface area (Å²) >= 11 is 1.68. The summed E-state index contributed by atoms with van der Waals surface area (Å²) in [6, 6.07) is 3.98. The van der Waals surface area contributed by atoms with Crippen molar-refractivity contribution in [3.05, 3.63) is 49.4 Å². The first kappa shape index (κ1) is 24.0. The molecular formula is C26H31NO4S. The monoisotopic (exact) mass is 453 g/mol. The Morgan fingerprint density at radius 2 is 1.88 bits per heavy atom. The number of carbonyl (C=O) groups is 2. The van der Waals surface area contributed by atoms with E-state index in [4.69, 9.17) is 9.47 Å². The number of cyclic esters (lactones) is 1. The van der Waals surface area contributed by atoms with Crippen molar-refractivity contribution >= 4 is 28.8 Å². The van der Waals surface area contributed by atoms with Gasteiger partial charge in [0.05, 0.1) is 12.7 Å². The summed E-state index contributed by atoms with van der Waals surface area (Å²) in [4.78, 5) is 27.7. The highest BCUT2D eigenvalue weighted by Gasteiger charge is 2.40. The topological polar surface area (TPSA) is 76.4 Å². The van der Waals surface area contributed by atoms with E-state index in [0.717, 1.165) is 52.1 Å². The molecule has 0 bridgehead atoms. The van der Waals surface area contributed by atoms with Crippen LogP contribution in [0.15, 0.2) is 34.1 Å². The maximum absolute atomic E-state index is 13.1. The van der Waals surface area contributed by atoms with Crippen molar-refractivity contribution < 1.29 is 19.1 Å². The Balaban J connectivity index is 2.24. The molecule has 0 spiro atoms. The maximum Gasteiger partial charge on any atom is 0.352 e. The van der Waals surface area contributed by atoms with E-state index in [1.54, 1.807) is 11.3 Å². The molecule has 1 saturated heterocycles. The number of thiophene rings is 1. The fourth-order valence-electron chi connectivity index (χ4n) is 4.78. The second-order valence-corrected chi connectivity index (χ2v) is 11.1. The fraction of sp³-hybridized carbons (Fsp3) is 0.500. The number of nitrogens with zero attached hydrogens (tertiary/aromatic N) is 1. The summed E-state index contributed by atoms with van der Waals surface area (Å²) in [5, 5.41) is 9.69. The molecule has 170 valence electrons. The van der Waals surface area contributed by atoms with Crippen LogP contribution >= 0.6 is 11.3 Å². The quantitative estimate of drug-likeness (QED) is 0.304. The molecule has 2 fully saturated rings. The van der Waals surface area contributed by atoms with Crippen molar-refractivity contribution in [1.82, 2.24) is 0 Å². The molecule has 0 N–H and O–H groups in total. The van der Waals surface area contributed by atoms with E-state index in [-0.39, 0.29) is 16.7 Å². The van der Waals surface area contributed by atoms with Gasteiger partial charge in [-0.3, -0.25) is 0 Å². The molecule has 1 aromatic heterocycles. The minimum atomic E-state index is -0.793. The van der Waals surface area contributed by atoms with E-state index in [0.29, 0.717) is 17.1 Å². The first-order valence-corrected chi connectivity index (χ1v) is 11.8. The van der Waals surface area contributed by atoms with Gasteiger partial charge in [-0.2, -0.15) is 5.26 Å². The molecule has 0 aromatic carbocycles. The molecule has 1 saturated carbocycles. The minimum absolute atomic E-state index is 0.0486. The molecule has 6 heteroatoms. The van der Waals surface area contributed by atoms with Gasteiger partial charge in [-0.1, -0.05) is 26.3 Å². The van der Waals surface area contributed by atoms with Crippen LogP contribution in [0.2, 0.25) is 0 Å². The summed E-state index contributed by atoms with van der Waals surface area (Å²) in [6.07, 6.45) is 3.59. The molecule has 2 aliphatic rings. The van der Waals surface area contributed by atoms with Crippen LogP contribution in [0, 0.1) is 36.5 Å². The van der Waals surface area contributed by atoms with E-state index in [1.165, 1.54) is 7.11 Å². The second-order valence-electron chi connectivity index (χ2n) is 9.64. The highest BCUT2D eigenvalue weighted by molar-refractivity contribution is 7.12. The molecule has 1 aliphatic carbocycles. The lowest BCUT2D eigenvalue weighted by Gasteiger charge is -2.35. The highest BCUT2D eigenvalue weighted by Crippen LogP contribution is 2.47. The molecule has 32 heavy (non-hydrogen) atoms. The van der Waals surface area contributed by atoms with E-state index in [9.17, 15) is 14.9 Å². The lowest BCUT2D eigenvalue weighted by molar-refractivity contribution is -0.136. The molecule has 0 amide bonds. The van der Waals surface area contributed by atoms with Crippen LogP contribution in [0.5, 0.6) is 0 Å². The number of hydrogen-bond acceptors (Lipinski definition) is 6. The van der Waals surface area contributed by atoms with Gasteiger partial charge in [0.1, 0.15) is 6.07 Å². The Morgan fingerprint density at radius 3 is 2.34 bits per heavy atom. The number of rotatable bonds is 2. The Labute approximate surface area is 194 Å². The Hall–Kier alpha value is -2.65. The molecule has 2 heterocycles. The van der Waals surface area contributed by atoms with Crippen LogP contribution in [-0.4, -0.2) is 19.0 Å². The summed E-state index contributed by atoms with van der Waals surface area (Å²) in [5.41, 5.74) is 3.91. The average molecular weight is 454 g/mol. The van der Waals surface area contributed by atoms with E-state index < -0.39 is 11.9 Å². The third kappa shape index (κ3) is 4.45. The Kier molecular flexibility index (Phi) is 6.80. The third-order valence-corrected chi connectivity index (χ3v) is 7.56. The number of ether oxygens (including phenoxy) is 2. The van der Waals surface area contributed by atoms with Gasteiger partial charge in [0.15, 0.2) is 11.3 Å².